The zero-order chi connectivity index (χ0) is 19.2. The van der Waals surface area contributed by atoms with E-state index in [1.54, 1.807) is 24.3 Å². The Kier molecular flexibility index (Phi) is 6.32. The van der Waals surface area contributed by atoms with Crippen molar-refractivity contribution in [2.75, 3.05) is 13.1 Å². The molecule has 0 radical (unpaired) electrons. The van der Waals surface area contributed by atoms with Crippen LogP contribution in [0.25, 0.3) is 6.08 Å². The summed E-state index contributed by atoms with van der Waals surface area (Å²) < 4.78 is 0. The second-order valence-corrected chi connectivity index (χ2v) is 7.26. The zero-order valence-electron chi connectivity index (χ0n) is 14.4. The van der Waals surface area contributed by atoms with Gasteiger partial charge in [0.15, 0.2) is 0 Å². The Hall–Kier alpha value is -2.57. The highest BCUT2D eigenvalue weighted by Gasteiger charge is 2.34. The van der Waals surface area contributed by atoms with Gasteiger partial charge in [0.05, 0.1) is 11.3 Å². The van der Waals surface area contributed by atoms with Gasteiger partial charge in [0.1, 0.15) is 0 Å². The minimum Gasteiger partial charge on any atom is -0.354 e. The predicted octanol–water partition coefficient (Wildman–Crippen LogP) is 3.74. The van der Waals surface area contributed by atoms with E-state index in [1.165, 1.54) is 0 Å². The molecule has 0 saturated carbocycles. The SMILES string of the molecule is O=C(Cc1ccccc1Cl)NCCN1C(=O)SC(=Cc2ccccc2)C1=O. The quantitative estimate of drug-likeness (QED) is 0.750. The van der Waals surface area contributed by atoms with Gasteiger partial charge in [0, 0.05) is 18.1 Å². The van der Waals surface area contributed by atoms with Crippen LogP contribution in [-0.4, -0.2) is 35.0 Å². The highest BCUT2D eigenvalue weighted by Crippen LogP contribution is 2.31. The van der Waals surface area contributed by atoms with E-state index in [0.717, 1.165) is 27.8 Å². The molecule has 138 valence electrons. The van der Waals surface area contributed by atoms with Gasteiger partial charge in [-0.15, -0.1) is 0 Å². The maximum atomic E-state index is 12.4. The Labute approximate surface area is 166 Å². The van der Waals surface area contributed by atoms with Crippen LogP contribution in [0.15, 0.2) is 59.5 Å². The number of carbonyl (C=O) groups is 3. The molecule has 2 aromatic carbocycles. The number of imide groups is 1. The van der Waals surface area contributed by atoms with Crippen LogP contribution in [0.1, 0.15) is 11.1 Å². The van der Waals surface area contributed by atoms with Crippen LogP contribution in [0.3, 0.4) is 0 Å². The molecule has 0 unspecified atom stereocenters. The molecule has 2 aromatic rings. The topological polar surface area (TPSA) is 66.5 Å². The normalized spacial score (nSPS) is 15.4. The first-order valence-electron chi connectivity index (χ1n) is 8.35. The highest BCUT2D eigenvalue weighted by atomic mass is 35.5. The van der Waals surface area contributed by atoms with E-state index in [-0.39, 0.29) is 36.6 Å². The van der Waals surface area contributed by atoms with Crippen LogP contribution in [0.4, 0.5) is 4.79 Å². The summed E-state index contributed by atoms with van der Waals surface area (Å²) in [4.78, 5) is 38.1. The third kappa shape index (κ3) is 4.99. The van der Waals surface area contributed by atoms with E-state index >= 15 is 0 Å². The zero-order valence-corrected chi connectivity index (χ0v) is 15.9. The first-order valence-corrected chi connectivity index (χ1v) is 9.54. The molecule has 1 aliphatic rings. The monoisotopic (exact) mass is 400 g/mol. The maximum Gasteiger partial charge on any atom is 0.293 e. The van der Waals surface area contributed by atoms with Gasteiger partial charge >= 0.3 is 0 Å². The second kappa shape index (κ2) is 8.88. The van der Waals surface area contributed by atoms with Crippen LogP contribution in [-0.2, 0) is 16.0 Å². The van der Waals surface area contributed by atoms with E-state index in [0.29, 0.717) is 9.93 Å². The minimum absolute atomic E-state index is 0.130. The van der Waals surface area contributed by atoms with Crippen LogP contribution < -0.4 is 5.32 Å². The fraction of sp³-hybridized carbons (Fsp3) is 0.150. The van der Waals surface area contributed by atoms with Crippen LogP contribution in [0, 0.1) is 0 Å². The van der Waals surface area contributed by atoms with E-state index in [4.69, 9.17) is 11.6 Å². The first-order chi connectivity index (χ1) is 13.0. The number of benzene rings is 2. The molecule has 1 heterocycles. The van der Waals surface area contributed by atoms with Crippen molar-refractivity contribution in [1.29, 1.82) is 0 Å². The van der Waals surface area contributed by atoms with Crippen molar-refractivity contribution in [2.45, 2.75) is 6.42 Å². The molecule has 3 amide bonds. The van der Waals surface area contributed by atoms with E-state index in [2.05, 4.69) is 5.32 Å². The lowest BCUT2D eigenvalue weighted by Crippen LogP contribution is -2.37. The number of nitrogens with one attached hydrogen (secondary N) is 1. The van der Waals surface area contributed by atoms with Gasteiger partial charge < -0.3 is 5.32 Å². The van der Waals surface area contributed by atoms with Crippen molar-refractivity contribution in [3.05, 3.63) is 75.7 Å². The van der Waals surface area contributed by atoms with Crippen molar-refractivity contribution in [3.8, 4) is 0 Å². The molecular formula is C20H17ClN2O3S. The summed E-state index contributed by atoms with van der Waals surface area (Å²) in [6.07, 6.45) is 1.84. The summed E-state index contributed by atoms with van der Waals surface area (Å²) in [5.41, 5.74) is 1.59. The lowest BCUT2D eigenvalue weighted by atomic mass is 10.1. The van der Waals surface area contributed by atoms with Crippen molar-refractivity contribution >= 4 is 46.5 Å². The van der Waals surface area contributed by atoms with Gasteiger partial charge in [-0.25, -0.2) is 0 Å². The molecule has 0 bridgehead atoms. The van der Waals surface area contributed by atoms with Gasteiger partial charge in [0.25, 0.3) is 11.1 Å². The average molecular weight is 401 g/mol. The minimum atomic E-state index is -0.339. The van der Waals surface area contributed by atoms with Crippen LogP contribution in [0.5, 0.6) is 0 Å². The lowest BCUT2D eigenvalue weighted by Gasteiger charge is -2.13. The number of amides is 3. The van der Waals surface area contributed by atoms with Gasteiger partial charge in [-0.05, 0) is 35.0 Å². The van der Waals surface area contributed by atoms with Crippen molar-refractivity contribution in [1.82, 2.24) is 10.2 Å². The molecule has 1 saturated heterocycles. The number of rotatable bonds is 6. The van der Waals surface area contributed by atoms with Crippen molar-refractivity contribution in [2.24, 2.45) is 0 Å². The Balaban J connectivity index is 1.53. The fourth-order valence-electron chi connectivity index (χ4n) is 2.58. The summed E-state index contributed by atoms with van der Waals surface area (Å²) in [5, 5.41) is 2.92. The van der Waals surface area contributed by atoms with Gasteiger partial charge in [-0.1, -0.05) is 60.1 Å². The number of hydrogen-bond donors (Lipinski definition) is 1. The van der Waals surface area contributed by atoms with Gasteiger partial charge in [0.2, 0.25) is 5.91 Å². The fourth-order valence-corrected chi connectivity index (χ4v) is 3.65. The molecule has 3 rings (SSSR count). The van der Waals surface area contributed by atoms with E-state index < -0.39 is 0 Å². The number of nitrogens with zero attached hydrogens (tertiary/aromatic N) is 1. The van der Waals surface area contributed by atoms with Crippen molar-refractivity contribution in [3.63, 3.8) is 0 Å². The second-order valence-electron chi connectivity index (χ2n) is 5.86. The smallest absolute Gasteiger partial charge is 0.293 e. The van der Waals surface area contributed by atoms with Gasteiger partial charge in [-0.3, -0.25) is 19.3 Å². The summed E-state index contributed by atoms with van der Waals surface area (Å²) in [5.74, 6) is -0.552. The molecule has 1 N–H and O–H groups in total. The number of thioether (sulfide) groups is 1. The number of carbonyl (C=O) groups excluding carboxylic acids is 3. The molecule has 1 aliphatic heterocycles. The molecule has 0 aliphatic carbocycles. The van der Waals surface area contributed by atoms with E-state index in [9.17, 15) is 14.4 Å². The molecule has 5 nitrogen and oxygen atoms in total. The maximum absolute atomic E-state index is 12.4. The molecule has 0 atom stereocenters. The number of halogens is 1. The Morgan fingerprint density at radius 1 is 1.07 bits per heavy atom. The molecule has 0 spiro atoms. The van der Waals surface area contributed by atoms with E-state index in [1.807, 2.05) is 36.4 Å². The largest absolute Gasteiger partial charge is 0.354 e. The lowest BCUT2D eigenvalue weighted by molar-refractivity contribution is -0.124. The summed E-state index contributed by atoms with van der Waals surface area (Å²) in [7, 11) is 0. The summed E-state index contributed by atoms with van der Waals surface area (Å²) in [6, 6.07) is 16.5. The summed E-state index contributed by atoms with van der Waals surface area (Å²) in [6.45, 7) is 0.324. The van der Waals surface area contributed by atoms with Gasteiger partial charge in [-0.2, -0.15) is 0 Å². The molecule has 7 heteroatoms. The third-order valence-corrected chi connectivity index (χ3v) is 5.21. The average Bonchev–Trinajstić information content (AvgIpc) is 2.92. The number of hydrogen-bond acceptors (Lipinski definition) is 4. The standard InChI is InChI=1S/C20H17ClN2O3S/c21-16-9-5-4-8-15(16)13-18(24)22-10-11-23-19(25)17(27-20(23)26)12-14-6-2-1-3-7-14/h1-9,12H,10-11,13H2,(H,22,24). The van der Waals surface area contributed by atoms with Crippen LogP contribution >= 0.6 is 23.4 Å². The highest BCUT2D eigenvalue weighted by molar-refractivity contribution is 8.18. The Morgan fingerprint density at radius 2 is 1.78 bits per heavy atom. The molecular weight excluding hydrogens is 384 g/mol. The Morgan fingerprint density at radius 3 is 2.52 bits per heavy atom. The summed E-state index contributed by atoms with van der Waals surface area (Å²) >= 11 is 6.95. The Bertz CT molecular complexity index is 899. The third-order valence-electron chi connectivity index (χ3n) is 3.94. The molecule has 27 heavy (non-hydrogen) atoms. The van der Waals surface area contributed by atoms with Crippen LogP contribution in [0.2, 0.25) is 5.02 Å². The molecule has 1 fully saturated rings. The first kappa shape index (κ1) is 19.2. The molecule has 0 aromatic heterocycles. The van der Waals surface area contributed by atoms with Crippen molar-refractivity contribution < 1.29 is 14.4 Å². The predicted molar refractivity (Wildman–Crippen MR) is 107 cm³/mol.